The Bertz CT molecular complexity index is 828. The van der Waals surface area contributed by atoms with E-state index in [1.165, 1.54) is 12.1 Å². The van der Waals surface area contributed by atoms with E-state index in [0.29, 0.717) is 11.6 Å². The van der Waals surface area contributed by atoms with E-state index < -0.39 is 5.54 Å². The Morgan fingerprint density at radius 1 is 1.12 bits per heavy atom. The van der Waals surface area contributed by atoms with Crippen molar-refractivity contribution in [3.05, 3.63) is 82.9 Å². The molecular formula is C19H19ClFN3. The minimum Gasteiger partial charge on any atom is -0.302 e. The van der Waals surface area contributed by atoms with E-state index in [4.69, 9.17) is 11.6 Å². The molecule has 0 radical (unpaired) electrons. The van der Waals surface area contributed by atoms with Crippen molar-refractivity contribution in [1.29, 1.82) is 0 Å². The zero-order chi connectivity index (χ0) is 17.2. The largest absolute Gasteiger partial charge is 0.302 e. The molecule has 124 valence electrons. The number of aromatic nitrogens is 2. The fourth-order valence-electron chi connectivity index (χ4n) is 2.58. The van der Waals surface area contributed by atoms with Crippen LogP contribution in [0.4, 0.5) is 4.39 Å². The Morgan fingerprint density at radius 2 is 1.88 bits per heavy atom. The smallest absolute Gasteiger partial charge is 0.124 e. The van der Waals surface area contributed by atoms with Gasteiger partial charge in [-0.1, -0.05) is 35.9 Å². The van der Waals surface area contributed by atoms with Gasteiger partial charge in [-0.25, -0.2) is 9.07 Å². The SMILES string of the molecule is CC(C)(NCc1ccn(-c2ccccc2)n1)c1ccc(F)cc1Cl. The van der Waals surface area contributed by atoms with Gasteiger partial charge in [-0.15, -0.1) is 0 Å². The molecule has 2 aromatic carbocycles. The number of hydrogen-bond donors (Lipinski definition) is 1. The Morgan fingerprint density at radius 3 is 2.58 bits per heavy atom. The van der Waals surface area contributed by atoms with Crippen molar-refractivity contribution in [3.8, 4) is 5.69 Å². The fourth-order valence-corrected chi connectivity index (χ4v) is 2.99. The average Bonchev–Trinajstić information content (AvgIpc) is 3.02. The molecule has 0 saturated heterocycles. The van der Waals surface area contributed by atoms with Crippen LogP contribution in [0.25, 0.3) is 5.69 Å². The minimum absolute atomic E-state index is 0.332. The first-order chi connectivity index (χ1) is 11.5. The third-order valence-corrected chi connectivity index (χ3v) is 4.29. The van der Waals surface area contributed by atoms with Gasteiger partial charge in [0.2, 0.25) is 0 Å². The number of para-hydroxylation sites is 1. The summed E-state index contributed by atoms with van der Waals surface area (Å²) in [6, 6.07) is 16.4. The molecule has 5 heteroatoms. The normalized spacial score (nSPS) is 11.7. The van der Waals surface area contributed by atoms with Gasteiger partial charge in [0.1, 0.15) is 5.82 Å². The van der Waals surface area contributed by atoms with Crippen molar-refractivity contribution in [2.75, 3.05) is 0 Å². The van der Waals surface area contributed by atoms with Gasteiger partial charge in [-0.3, -0.25) is 0 Å². The van der Waals surface area contributed by atoms with Crippen molar-refractivity contribution in [2.45, 2.75) is 25.9 Å². The maximum absolute atomic E-state index is 13.2. The summed E-state index contributed by atoms with van der Waals surface area (Å²) in [5.41, 5.74) is 2.39. The van der Waals surface area contributed by atoms with E-state index in [2.05, 4.69) is 10.4 Å². The van der Waals surface area contributed by atoms with Gasteiger partial charge in [0, 0.05) is 23.3 Å². The quantitative estimate of drug-likeness (QED) is 0.728. The standard InChI is InChI=1S/C19H19ClFN3/c1-19(2,17-9-8-14(21)12-18(17)20)22-13-15-10-11-24(23-15)16-6-4-3-5-7-16/h3-12,22H,13H2,1-2H3. The summed E-state index contributed by atoms with van der Waals surface area (Å²) in [5.74, 6) is -0.332. The van der Waals surface area contributed by atoms with Crippen molar-refractivity contribution in [1.82, 2.24) is 15.1 Å². The van der Waals surface area contributed by atoms with Crippen molar-refractivity contribution in [2.24, 2.45) is 0 Å². The molecule has 1 heterocycles. The number of halogens is 2. The van der Waals surface area contributed by atoms with Crippen LogP contribution in [-0.2, 0) is 12.1 Å². The van der Waals surface area contributed by atoms with Gasteiger partial charge >= 0.3 is 0 Å². The number of nitrogens with one attached hydrogen (secondary N) is 1. The summed E-state index contributed by atoms with van der Waals surface area (Å²) in [6.45, 7) is 4.61. The second-order valence-electron chi connectivity index (χ2n) is 6.19. The van der Waals surface area contributed by atoms with Crippen LogP contribution in [0.3, 0.4) is 0 Å². The van der Waals surface area contributed by atoms with Gasteiger partial charge in [-0.2, -0.15) is 5.10 Å². The highest BCUT2D eigenvalue weighted by Gasteiger charge is 2.23. The van der Waals surface area contributed by atoms with Gasteiger partial charge in [0.15, 0.2) is 0 Å². The van der Waals surface area contributed by atoms with Crippen LogP contribution in [0.2, 0.25) is 5.02 Å². The molecular weight excluding hydrogens is 325 g/mol. The molecule has 0 saturated carbocycles. The highest BCUT2D eigenvalue weighted by atomic mass is 35.5. The predicted octanol–water partition coefficient (Wildman–Crippen LogP) is 4.69. The summed E-state index contributed by atoms with van der Waals surface area (Å²) < 4.78 is 15.1. The topological polar surface area (TPSA) is 29.9 Å². The molecule has 0 aliphatic carbocycles. The predicted molar refractivity (Wildman–Crippen MR) is 94.8 cm³/mol. The number of benzene rings is 2. The zero-order valence-electron chi connectivity index (χ0n) is 13.6. The van der Waals surface area contributed by atoms with Crippen LogP contribution >= 0.6 is 11.6 Å². The minimum atomic E-state index is -0.401. The van der Waals surface area contributed by atoms with Crippen LogP contribution in [-0.4, -0.2) is 9.78 Å². The van der Waals surface area contributed by atoms with E-state index in [-0.39, 0.29) is 5.82 Å². The Labute approximate surface area is 146 Å². The van der Waals surface area contributed by atoms with Crippen molar-refractivity contribution >= 4 is 11.6 Å². The van der Waals surface area contributed by atoms with Gasteiger partial charge in [0.25, 0.3) is 0 Å². The molecule has 0 amide bonds. The molecule has 0 aliphatic rings. The zero-order valence-corrected chi connectivity index (χ0v) is 14.4. The molecule has 1 aromatic heterocycles. The monoisotopic (exact) mass is 343 g/mol. The summed E-state index contributed by atoms with van der Waals surface area (Å²) in [6.07, 6.45) is 1.93. The maximum atomic E-state index is 13.2. The molecule has 3 nitrogen and oxygen atoms in total. The first kappa shape index (κ1) is 16.7. The molecule has 3 aromatic rings. The lowest BCUT2D eigenvalue weighted by Crippen LogP contribution is -2.36. The van der Waals surface area contributed by atoms with Crippen LogP contribution < -0.4 is 5.32 Å². The molecule has 0 unspecified atom stereocenters. The molecule has 0 fully saturated rings. The molecule has 0 bridgehead atoms. The van der Waals surface area contributed by atoms with Gasteiger partial charge in [-0.05, 0) is 49.7 Å². The first-order valence-electron chi connectivity index (χ1n) is 7.76. The highest BCUT2D eigenvalue weighted by molar-refractivity contribution is 6.31. The fraction of sp³-hybridized carbons (Fsp3) is 0.211. The summed E-state index contributed by atoms with van der Waals surface area (Å²) >= 11 is 6.18. The van der Waals surface area contributed by atoms with E-state index in [0.717, 1.165) is 16.9 Å². The third kappa shape index (κ3) is 3.66. The summed E-state index contributed by atoms with van der Waals surface area (Å²) in [4.78, 5) is 0. The lowest BCUT2D eigenvalue weighted by atomic mass is 9.94. The number of rotatable bonds is 5. The second kappa shape index (κ2) is 6.75. The molecule has 1 N–H and O–H groups in total. The maximum Gasteiger partial charge on any atom is 0.124 e. The average molecular weight is 344 g/mol. The highest BCUT2D eigenvalue weighted by Crippen LogP contribution is 2.28. The molecule has 24 heavy (non-hydrogen) atoms. The van der Waals surface area contributed by atoms with Crippen molar-refractivity contribution < 1.29 is 4.39 Å². The van der Waals surface area contributed by atoms with Crippen LogP contribution in [0.5, 0.6) is 0 Å². The molecule has 3 rings (SSSR count). The molecule has 0 atom stereocenters. The van der Waals surface area contributed by atoms with Crippen LogP contribution in [0.15, 0.2) is 60.8 Å². The first-order valence-corrected chi connectivity index (χ1v) is 8.14. The third-order valence-electron chi connectivity index (χ3n) is 3.98. The number of hydrogen-bond acceptors (Lipinski definition) is 2. The van der Waals surface area contributed by atoms with E-state index >= 15 is 0 Å². The van der Waals surface area contributed by atoms with Gasteiger partial charge in [0.05, 0.1) is 11.4 Å². The second-order valence-corrected chi connectivity index (χ2v) is 6.60. The Hall–Kier alpha value is -2.17. The molecule has 0 spiro atoms. The summed E-state index contributed by atoms with van der Waals surface area (Å²) in [5, 5.41) is 8.43. The van der Waals surface area contributed by atoms with Crippen LogP contribution in [0, 0.1) is 5.82 Å². The van der Waals surface area contributed by atoms with E-state index in [1.807, 2.05) is 61.1 Å². The lowest BCUT2D eigenvalue weighted by molar-refractivity contribution is 0.397. The Balaban J connectivity index is 1.72. The van der Waals surface area contributed by atoms with E-state index in [1.54, 1.807) is 6.07 Å². The van der Waals surface area contributed by atoms with Crippen molar-refractivity contribution in [3.63, 3.8) is 0 Å². The van der Waals surface area contributed by atoms with Crippen LogP contribution in [0.1, 0.15) is 25.1 Å². The van der Waals surface area contributed by atoms with Gasteiger partial charge < -0.3 is 5.32 Å². The molecule has 0 aliphatic heterocycles. The van der Waals surface area contributed by atoms with E-state index in [9.17, 15) is 4.39 Å². The summed E-state index contributed by atoms with van der Waals surface area (Å²) in [7, 11) is 0. The lowest BCUT2D eigenvalue weighted by Gasteiger charge is -2.27. The Kier molecular flexibility index (Phi) is 4.69. The number of nitrogens with zero attached hydrogens (tertiary/aromatic N) is 2.